The van der Waals surface area contributed by atoms with Crippen LogP contribution in [0.4, 0.5) is 5.69 Å². The monoisotopic (exact) mass is 361 g/mol. The highest BCUT2D eigenvalue weighted by Crippen LogP contribution is 2.21. The van der Waals surface area contributed by atoms with Gasteiger partial charge in [-0.1, -0.05) is 30.3 Å². The minimum atomic E-state index is -0.0552. The number of amides is 1. The van der Waals surface area contributed by atoms with Gasteiger partial charge < -0.3 is 14.2 Å². The molecule has 136 valence electrons. The van der Waals surface area contributed by atoms with Gasteiger partial charge in [0.25, 0.3) is 0 Å². The fourth-order valence-electron chi connectivity index (χ4n) is 2.90. The Bertz CT molecular complexity index is 1070. The predicted octanol–water partition coefficient (Wildman–Crippen LogP) is 4.75. The van der Waals surface area contributed by atoms with Crippen LogP contribution in [0, 0.1) is 6.92 Å². The van der Waals surface area contributed by atoms with Crippen molar-refractivity contribution in [1.29, 1.82) is 0 Å². The van der Waals surface area contributed by atoms with E-state index in [1.54, 1.807) is 19.2 Å². The van der Waals surface area contributed by atoms with Crippen molar-refractivity contribution < 1.29 is 13.6 Å². The molecule has 6 nitrogen and oxygen atoms in total. The standard InChI is InChI=1S/C21H19N3O3/c1-14-23-17-11-10-16(12-18(17)26-14)24-20(25)8-5-9-21-22-13-19(27-21)15-6-3-2-4-7-15/h2-4,6-7,10-13H,5,8-9H2,1H3,(H,24,25). The highest BCUT2D eigenvalue weighted by Gasteiger charge is 2.09. The summed E-state index contributed by atoms with van der Waals surface area (Å²) < 4.78 is 11.2. The Morgan fingerprint density at radius 1 is 1.11 bits per heavy atom. The molecule has 6 heteroatoms. The Morgan fingerprint density at radius 3 is 2.81 bits per heavy atom. The second-order valence-electron chi connectivity index (χ2n) is 6.30. The maximum absolute atomic E-state index is 12.2. The molecule has 0 aliphatic rings. The lowest BCUT2D eigenvalue weighted by atomic mass is 10.2. The van der Waals surface area contributed by atoms with Crippen LogP contribution in [-0.2, 0) is 11.2 Å². The normalized spacial score (nSPS) is 11.0. The lowest BCUT2D eigenvalue weighted by molar-refractivity contribution is -0.116. The first kappa shape index (κ1) is 17.0. The zero-order chi connectivity index (χ0) is 18.6. The van der Waals surface area contributed by atoms with Gasteiger partial charge in [-0.15, -0.1) is 0 Å². The summed E-state index contributed by atoms with van der Waals surface area (Å²) in [6.45, 7) is 1.80. The fourth-order valence-corrected chi connectivity index (χ4v) is 2.90. The van der Waals surface area contributed by atoms with E-state index in [4.69, 9.17) is 8.83 Å². The third kappa shape index (κ3) is 4.06. The van der Waals surface area contributed by atoms with Gasteiger partial charge in [0.2, 0.25) is 5.91 Å². The highest BCUT2D eigenvalue weighted by atomic mass is 16.4. The Kier molecular flexibility index (Phi) is 4.70. The number of nitrogens with zero attached hydrogens (tertiary/aromatic N) is 2. The lowest BCUT2D eigenvalue weighted by Crippen LogP contribution is -2.11. The van der Waals surface area contributed by atoms with Gasteiger partial charge in [-0.2, -0.15) is 0 Å². The second-order valence-corrected chi connectivity index (χ2v) is 6.30. The van der Waals surface area contributed by atoms with Crippen molar-refractivity contribution in [2.45, 2.75) is 26.2 Å². The SMILES string of the molecule is Cc1nc2ccc(NC(=O)CCCc3ncc(-c4ccccc4)o3)cc2o1. The number of nitrogens with one attached hydrogen (secondary N) is 1. The lowest BCUT2D eigenvalue weighted by Gasteiger charge is -2.04. The second kappa shape index (κ2) is 7.45. The van der Waals surface area contributed by atoms with Gasteiger partial charge in [-0.25, -0.2) is 9.97 Å². The molecule has 0 fully saturated rings. The third-order valence-corrected chi connectivity index (χ3v) is 4.19. The number of hydrogen-bond donors (Lipinski definition) is 1. The Morgan fingerprint density at radius 2 is 1.96 bits per heavy atom. The zero-order valence-electron chi connectivity index (χ0n) is 14.9. The van der Waals surface area contributed by atoms with Gasteiger partial charge in [0.15, 0.2) is 23.1 Å². The number of anilines is 1. The molecular weight excluding hydrogens is 342 g/mol. The molecule has 4 aromatic rings. The maximum Gasteiger partial charge on any atom is 0.224 e. The molecule has 2 aromatic carbocycles. The van der Waals surface area contributed by atoms with E-state index >= 15 is 0 Å². The molecule has 4 rings (SSSR count). The first-order valence-corrected chi connectivity index (χ1v) is 8.84. The van der Waals surface area contributed by atoms with Gasteiger partial charge in [0, 0.05) is 37.1 Å². The van der Waals surface area contributed by atoms with Crippen LogP contribution >= 0.6 is 0 Å². The van der Waals surface area contributed by atoms with Crippen molar-refractivity contribution in [3.63, 3.8) is 0 Å². The van der Waals surface area contributed by atoms with E-state index in [1.807, 2.05) is 42.5 Å². The van der Waals surface area contributed by atoms with Crippen LogP contribution in [0.25, 0.3) is 22.4 Å². The summed E-state index contributed by atoms with van der Waals surface area (Å²) in [6, 6.07) is 15.3. The average Bonchev–Trinajstić information content (AvgIpc) is 3.28. The molecule has 0 unspecified atom stereocenters. The number of aromatic nitrogens is 2. The fraction of sp³-hybridized carbons (Fsp3) is 0.190. The highest BCUT2D eigenvalue weighted by molar-refractivity contribution is 5.92. The Hall–Kier alpha value is -3.41. The van der Waals surface area contributed by atoms with E-state index in [1.165, 1.54) is 0 Å². The predicted molar refractivity (Wildman–Crippen MR) is 102 cm³/mol. The van der Waals surface area contributed by atoms with Crippen molar-refractivity contribution in [2.24, 2.45) is 0 Å². The largest absolute Gasteiger partial charge is 0.441 e. The first-order chi connectivity index (χ1) is 13.2. The number of aryl methyl sites for hydroxylation is 2. The van der Waals surface area contributed by atoms with Gasteiger partial charge in [0.1, 0.15) is 5.52 Å². The van der Waals surface area contributed by atoms with E-state index in [-0.39, 0.29) is 5.91 Å². The first-order valence-electron chi connectivity index (χ1n) is 8.84. The molecular formula is C21H19N3O3. The van der Waals surface area contributed by atoms with Gasteiger partial charge >= 0.3 is 0 Å². The number of oxazole rings is 2. The van der Waals surface area contributed by atoms with Crippen molar-refractivity contribution in [2.75, 3.05) is 5.32 Å². The number of fused-ring (bicyclic) bond motifs is 1. The van der Waals surface area contributed by atoms with Gasteiger partial charge in [-0.3, -0.25) is 4.79 Å². The molecule has 0 radical (unpaired) electrons. The summed E-state index contributed by atoms with van der Waals surface area (Å²) in [5.41, 5.74) is 3.14. The summed E-state index contributed by atoms with van der Waals surface area (Å²) in [6.07, 6.45) is 3.38. The van der Waals surface area contributed by atoms with E-state index in [0.717, 1.165) is 16.8 Å². The van der Waals surface area contributed by atoms with Crippen LogP contribution in [0.15, 0.2) is 63.6 Å². The number of rotatable bonds is 6. The van der Waals surface area contributed by atoms with Crippen LogP contribution in [0.1, 0.15) is 24.6 Å². The van der Waals surface area contributed by atoms with Gasteiger partial charge in [-0.05, 0) is 18.6 Å². The summed E-state index contributed by atoms with van der Waals surface area (Å²) in [4.78, 5) is 20.7. The molecule has 0 aliphatic heterocycles. The topological polar surface area (TPSA) is 81.2 Å². The molecule has 2 aromatic heterocycles. The number of benzene rings is 2. The van der Waals surface area contributed by atoms with Crippen molar-refractivity contribution in [1.82, 2.24) is 9.97 Å². The van der Waals surface area contributed by atoms with E-state index in [2.05, 4.69) is 15.3 Å². The molecule has 27 heavy (non-hydrogen) atoms. The maximum atomic E-state index is 12.2. The van der Waals surface area contributed by atoms with Crippen LogP contribution in [-0.4, -0.2) is 15.9 Å². The molecule has 0 atom stereocenters. The van der Waals surface area contributed by atoms with Crippen LogP contribution in [0.3, 0.4) is 0 Å². The smallest absolute Gasteiger partial charge is 0.224 e. The molecule has 0 saturated carbocycles. The van der Waals surface area contributed by atoms with E-state index < -0.39 is 0 Å². The number of hydrogen-bond acceptors (Lipinski definition) is 5. The quantitative estimate of drug-likeness (QED) is 0.536. The van der Waals surface area contributed by atoms with Crippen molar-refractivity contribution in [3.8, 4) is 11.3 Å². The minimum absolute atomic E-state index is 0.0552. The number of carbonyl (C=O) groups is 1. The summed E-state index contributed by atoms with van der Waals surface area (Å²) >= 11 is 0. The molecule has 1 amide bonds. The molecule has 1 N–H and O–H groups in total. The van der Waals surface area contributed by atoms with Crippen molar-refractivity contribution >= 4 is 22.7 Å². The van der Waals surface area contributed by atoms with E-state index in [0.29, 0.717) is 42.3 Å². The summed E-state index contributed by atoms with van der Waals surface area (Å²) in [7, 11) is 0. The molecule has 0 saturated heterocycles. The third-order valence-electron chi connectivity index (χ3n) is 4.19. The molecule has 0 spiro atoms. The zero-order valence-corrected chi connectivity index (χ0v) is 14.9. The van der Waals surface area contributed by atoms with Gasteiger partial charge in [0.05, 0.1) is 6.20 Å². The van der Waals surface area contributed by atoms with Crippen LogP contribution < -0.4 is 5.32 Å². The summed E-state index contributed by atoms with van der Waals surface area (Å²) in [5, 5.41) is 2.88. The van der Waals surface area contributed by atoms with Crippen LogP contribution in [0.2, 0.25) is 0 Å². The van der Waals surface area contributed by atoms with Crippen LogP contribution in [0.5, 0.6) is 0 Å². The molecule has 0 aliphatic carbocycles. The van der Waals surface area contributed by atoms with E-state index in [9.17, 15) is 4.79 Å². The Balaban J connectivity index is 1.29. The van der Waals surface area contributed by atoms with Crippen molar-refractivity contribution in [3.05, 3.63) is 66.5 Å². The molecule has 0 bridgehead atoms. The molecule has 2 heterocycles. The Labute approximate surface area is 156 Å². The summed E-state index contributed by atoms with van der Waals surface area (Å²) in [5.74, 6) is 1.93. The minimum Gasteiger partial charge on any atom is -0.441 e. The number of carbonyl (C=O) groups excluding carboxylic acids is 1. The average molecular weight is 361 g/mol.